The van der Waals surface area contributed by atoms with Gasteiger partial charge in [-0.05, 0) is 67.4 Å². The van der Waals surface area contributed by atoms with E-state index in [4.69, 9.17) is 4.74 Å². The Morgan fingerprint density at radius 1 is 1.03 bits per heavy atom. The standard InChI is InChI=1S/C27H25FN2O4/c1-3-34-22-14-12-21(13-15-22)30-25(31)16-24(27(30)33)29(17-19-8-10-20(28)11-9-19)26(32)23-7-5-4-6-18(23)2/h4-15,24H,3,16-17H2,1-2H3. The molecule has 6 nitrogen and oxygen atoms in total. The lowest BCUT2D eigenvalue weighted by Gasteiger charge is -2.28. The van der Waals surface area contributed by atoms with Crippen molar-refractivity contribution >= 4 is 23.4 Å². The van der Waals surface area contributed by atoms with Crippen molar-refractivity contribution in [3.05, 3.63) is 95.3 Å². The monoisotopic (exact) mass is 460 g/mol. The number of rotatable bonds is 7. The molecule has 4 rings (SSSR count). The van der Waals surface area contributed by atoms with Gasteiger partial charge in [-0.25, -0.2) is 9.29 Å². The summed E-state index contributed by atoms with van der Waals surface area (Å²) < 4.78 is 18.9. The minimum absolute atomic E-state index is 0.0637. The molecule has 0 radical (unpaired) electrons. The molecule has 174 valence electrons. The van der Waals surface area contributed by atoms with E-state index in [1.807, 2.05) is 26.0 Å². The van der Waals surface area contributed by atoms with Crippen LogP contribution >= 0.6 is 0 Å². The number of carbonyl (C=O) groups is 3. The molecule has 3 aromatic carbocycles. The Morgan fingerprint density at radius 2 is 1.71 bits per heavy atom. The summed E-state index contributed by atoms with van der Waals surface area (Å²) in [6.45, 7) is 4.25. The number of aryl methyl sites for hydroxylation is 1. The molecule has 1 aliphatic rings. The Balaban J connectivity index is 1.67. The molecule has 1 fully saturated rings. The van der Waals surface area contributed by atoms with E-state index >= 15 is 0 Å². The molecule has 0 saturated carbocycles. The van der Waals surface area contributed by atoms with Gasteiger partial charge in [0.15, 0.2) is 0 Å². The zero-order chi connectivity index (χ0) is 24.2. The number of nitrogens with zero attached hydrogens (tertiary/aromatic N) is 2. The van der Waals surface area contributed by atoms with Crippen molar-refractivity contribution < 1.29 is 23.5 Å². The van der Waals surface area contributed by atoms with Crippen LogP contribution in [-0.2, 0) is 16.1 Å². The molecule has 1 atom stereocenters. The molecule has 7 heteroatoms. The average molecular weight is 461 g/mol. The number of anilines is 1. The van der Waals surface area contributed by atoms with Gasteiger partial charge in [0.2, 0.25) is 5.91 Å². The summed E-state index contributed by atoms with van der Waals surface area (Å²) in [7, 11) is 0. The van der Waals surface area contributed by atoms with Gasteiger partial charge in [0.1, 0.15) is 17.6 Å². The van der Waals surface area contributed by atoms with Crippen molar-refractivity contribution in [2.45, 2.75) is 32.9 Å². The van der Waals surface area contributed by atoms with E-state index in [2.05, 4.69) is 0 Å². The fourth-order valence-corrected chi connectivity index (χ4v) is 4.07. The summed E-state index contributed by atoms with van der Waals surface area (Å²) in [6, 6.07) is 18.6. The summed E-state index contributed by atoms with van der Waals surface area (Å²) in [5, 5.41) is 0. The summed E-state index contributed by atoms with van der Waals surface area (Å²) in [5.74, 6) is -0.981. The second kappa shape index (κ2) is 9.87. The number of hydrogen-bond acceptors (Lipinski definition) is 4. The number of benzene rings is 3. The first kappa shape index (κ1) is 23.2. The van der Waals surface area contributed by atoms with Crippen molar-refractivity contribution in [3.63, 3.8) is 0 Å². The van der Waals surface area contributed by atoms with Crippen LogP contribution < -0.4 is 9.64 Å². The number of imide groups is 1. The maximum absolute atomic E-state index is 13.6. The van der Waals surface area contributed by atoms with E-state index in [0.717, 1.165) is 10.5 Å². The Morgan fingerprint density at radius 3 is 2.35 bits per heavy atom. The lowest BCUT2D eigenvalue weighted by Crippen LogP contribution is -2.45. The van der Waals surface area contributed by atoms with E-state index < -0.39 is 17.8 Å². The first-order valence-electron chi connectivity index (χ1n) is 11.1. The summed E-state index contributed by atoms with van der Waals surface area (Å²) in [6.07, 6.45) is -0.134. The number of carbonyl (C=O) groups excluding carboxylic acids is 3. The molecule has 1 aliphatic heterocycles. The fraction of sp³-hybridized carbons (Fsp3) is 0.222. The highest BCUT2D eigenvalue weighted by atomic mass is 19.1. The molecule has 0 aromatic heterocycles. The molecule has 0 bridgehead atoms. The van der Waals surface area contributed by atoms with Gasteiger partial charge in [0, 0.05) is 12.1 Å². The molecular formula is C27H25FN2O4. The van der Waals surface area contributed by atoms with Gasteiger partial charge in [0.05, 0.1) is 18.7 Å². The number of ether oxygens (including phenoxy) is 1. The predicted molar refractivity (Wildman–Crippen MR) is 126 cm³/mol. The molecule has 1 unspecified atom stereocenters. The van der Waals surface area contributed by atoms with Gasteiger partial charge < -0.3 is 9.64 Å². The minimum Gasteiger partial charge on any atom is -0.494 e. The highest BCUT2D eigenvalue weighted by Crippen LogP contribution is 2.29. The largest absolute Gasteiger partial charge is 0.494 e. The highest BCUT2D eigenvalue weighted by molar-refractivity contribution is 6.23. The second-order valence-electron chi connectivity index (χ2n) is 8.09. The lowest BCUT2D eigenvalue weighted by molar-refractivity contribution is -0.122. The average Bonchev–Trinajstić information content (AvgIpc) is 3.13. The molecule has 1 saturated heterocycles. The van der Waals surface area contributed by atoms with E-state index in [0.29, 0.717) is 29.2 Å². The number of hydrogen-bond donors (Lipinski definition) is 0. The third kappa shape index (κ3) is 4.69. The van der Waals surface area contributed by atoms with E-state index in [1.54, 1.807) is 48.5 Å². The second-order valence-corrected chi connectivity index (χ2v) is 8.09. The zero-order valence-corrected chi connectivity index (χ0v) is 19.0. The van der Waals surface area contributed by atoms with Gasteiger partial charge in [-0.1, -0.05) is 30.3 Å². The topological polar surface area (TPSA) is 66.9 Å². The molecule has 3 aromatic rings. The molecule has 0 N–H and O–H groups in total. The molecule has 0 aliphatic carbocycles. The van der Waals surface area contributed by atoms with E-state index in [-0.39, 0.29) is 24.8 Å². The summed E-state index contributed by atoms with van der Waals surface area (Å²) in [4.78, 5) is 42.5. The third-order valence-corrected chi connectivity index (χ3v) is 5.81. The van der Waals surface area contributed by atoms with Gasteiger partial charge in [-0.2, -0.15) is 0 Å². The van der Waals surface area contributed by atoms with Crippen LogP contribution in [0.5, 0.6) is 5.75 Å². The highest BCUT2D eigenvalue weighted by Gasteiger charge is 2.44. The smallest absolute Gasteiger partial charge is 0.257 e. The van der Waals surface area contributed by atoms with Gasteiger partial charge in [-0.3, -0.25) is 14.4 Å². The Bertz CT molecular complexity index is 1210. The van der Waals surface area contributed by atoms with Crippen molar-refractivity contribution in [1.29, 1.82) is 0 Å². The van der Waals surface area contributed by atoms with E-state index in [9.17, 15) is 18.8 Å². The Kier molecular flexibility index (Phi) is 6.72. The van der Waals surface area contributed by atoms with Crippen LogP contribution in [0.3, 0.4) is 0 Å². The zero-order valence-electron chi connectivity index (χ0n) is 19.0. The predicted octanol–water partition coefficient (Wildman–Crippen LogP) is 4.51. The van der Waals surface area contributed by atoms with Crippen molar-refractivity contribution in [3.8, 4) is 5.75 Å². The first-order valence-corrected chi connectivity index (χ1v) is 11.1. The SMILES string of the molecule is CCOc1ccc(N2C(=O)CC(N(Cc3ccc(F)cc3)C(=O)c3ccccc3C)C2=O)cc1. The maximum Gasteiger partial charge on any atom is 0.257 e. The van der Waals surface area contributed by atoms with Gasteiger partial charge in [-0.15, -0.1) is 0 Å². The lowest BCUT2D eigenvalue weighted by atomic mass is 10.0. The van der Waals surface area contributed by atoms with Crippen LogP contribution in [0.1, 0.15) is 34.8 Å². The molecule has 34 heavy (non-hydrogen) atoms. The summed E-state index contributed by atoms with van der Waals surface area (Å²) >= 11 is 0. The molecule has 0 spiro atoms. The van der Waals surface area contributed by atoms with Crippen molar-refractivity contribution in [2.75, 3.05) is 11.5 Å². The fourth-order valence-electron chi connectivity index (χ4n) is 4.07. The van der Waals surface area contributed by atoms with Crippen LogP contribution in [0.4, 0.5) is 10.1 Å². The van der Waals surface area contributed by atoms with Crippen LogP contribution in [0.15, 0.2) is 72.8 Å². The summed E-state index contributed by atoms with van der Waals surface area (Å²) in [5.41, 5.74) is 2.29. The number of amides is 3. The van der Waals surface area contributed by atoms with E-state index in [1.165, 1.54) is 17.0 Å². The van der Waals surface area contributed by atoms with Crippen LogP contribution in [0.2, 0.25) is 0 Å². The molecule has 1 heterocycles. The minimum atomic E-state index is -0.976. The normalized spacial score (nSPS) is 15.5. The molecule has 3 amide bonds. The quantitative estimate of drug-likeness (QED) is 0.487. The number of halogens is 1. The third-order valence-electron chi connectivity index (χ3n) is 5.81. The van der Waals surface area contributed by atoms with Gasteiger partial charge >= 0.3 is 0 Å². The Labute approximate surface area is 197 Å². The van der Waals surface area contributed by atoms with Crippen LogP contribution in [0, 0.1) is 12.7 Å². The Hall–Kier alpha value is -4.00. The first-order chi connectivity index (χ1) is 16.4. The van der Waals surface area contributed by atoms with Crippen molar-refractivity contribution in [2.24, 2.45) is 0 Å². The van der Waals surface area contributed by atoms with Crippen molar-refractivity contribution in [1.82, 2.24) is 4.90 Å². The molecular weight excluding hydrogens is 435 g/mol. The van der Waals surface area contributed by atoms with Crippen LogP contribution in [0.25, 0.3) is 0 Å². The maximum atomic E-state index is 13.6. The van der Waals surface area contributed by atoms with Crippen LogP contribution in [-0.4, -0.2) is 35.3 Å². The van der Waals surface area contributed by atoms with Gasteiger partial charge in [0.25, 0.3) is 11.8 Å².